The van der Waals surface area contributed by atoms with Crippen LogP contribution >= 0.6 is 0 Å². The number of nitrogens with zero attached hydrogens (tertiary/aromatic N) is 3. The monoisotopic (exact) mass is 495 g/mol. The third-order valence-electron chi connectivity index (χ3n) is 4.94. The number of hydrogen-bond acceptors (Lipinski definition) is 8. The lowest BCUT2D eigenvalue weighted by molar-refractivity contribution is -0.190. The highest BCUT2D eigenvalue weighted by Gasteiger charge is 2.41. The number of hydrogen-bond donors (Lipinski definition) is 2. The van der Waals surface area contributed by atoms with E-state index < -0.39 is 47.0 Å². The topological polar surface area (TPSA) is 110 Å². The minimum absolute atomic E-state index is 0.0340. The number of nitrogen functional groups attached to an aromatic ring is 1. The Morgan fingerprint density at radius 3 is 2.52 bits per heavy atom. The quantitative estimate of drug-likeness (QED) is 0.564. The number of nitrogens with one attached hydrogen (secondary N) is 1. The van der Waals surface area contributed by atoms with Crippen molar-refractivity contribution in [3.63, 3.8) is 0 Å². The van der Waals surface area contributed by atoms with Crippen molar-refractivity contribution in [1.82, 2.24) is 9.97 Å². The molecule has 0 aliphatic carbocycles. The number of anilines is 3. The van der Waals surface area contributed by atoms with Gasteiger partial charge in [-0.1, -0.05) is 18.2 Å². The van der Waals surface area contributed by atoms with Crippen molar-refractivity contribution in [2.24, 2.45) is 0 Å². The van der Waals surface area contributed by atoms with E-state index in [-0.39, 0.29) is 35.3 Å². The highest BCUT2D eigenvalue weighted by Crippen LogP contribution is 2.37. The fourth-order valence-corrected chi connectivity index (χ4v) is 4.14. The first-order valence-corrected chi connectivity index (χ1v) is 11.6. The molecule has 1 atom stereocenters. The Balaban J connectivity index is 1.96. The number of ether oxygens (including phenoxy) is 1. The molecule has 3 rings (SSSR count). The second-order valence-electron chi connectivity index (χ2n) is 7.65. The minimum atomic E-state index is -4.71. The standard InChI is InChI=1S/C19H22F5N5O3S/c1-11(19(22,23)24)32-17-27-15(14(25)16(28-17)29-8-7-18(20,21)10-29)26-9-12-5-3-4-6-13(12)33(2,30)31/h3-6,11H,7-10,25H2,1-2H3,(H,26,27,28)/t11-/m0/s1. The third kappa shape index (κ3) is 5.92. The first-order valence-electron chi connectivity index (χ1n) is 9.73. The second-order valence-corrected chi connectivity index (χ2v) is 9.64. The van der Waals surface area contributed by atoms with Gasteiger partial charge in [-0.15, -0.1) is 0 Å². The molecular formula is C19H22F5N5O3S. The van der Waals surface area contributed by atoms with Crippen LogP contribution in [-0.2, 0) is 16.4 Å². The van der Waals surface area contributed by atoms with E-state index in [2.05, 4.69) is 15.3 Å². The molecule has 2 aromatic rings. The maximum atomic E-state index is 13.7. The predicted molar refractivity (Wildman–Crippen MR) is 111 cm³/mol. The van der Waals surface area contributed by atoms with Gasteiger partial charge < -0.3 is 20.7 Å². The van der Waals surface area contributed by atoms with Gasteiger partial charge in [0.15, 0.2) is 27.6 Å². The van der Waals surface area contributed by atoms with Gasteiger partial charge >= 0.3 is 12.2 Å². The van der Waals surface area contributed by atoms with Gasteiger partial charge in [0.25, 0.3) is 5.92 Å². The second kappa shape index (κ2) is 8.80. The SMILES string of the molecule is C[C@H](Oc1nc(NCc2ccccc2S(C)(=O)=O)c(N)c(N2CCC(F)(F)C2)n1)C(F)(F)F. The summed E-state index contributed by atoms with van der Waals surface area (Å²) in [7, 11) is -3.57. The fraction of sp³-hybridized carbons (Fsp3) is 0.474. The van der Waals surface area contributed by atoms with Gasteiger partial charge in [0, 0.05) is 25.8 Å². The van der Waals surface area contributed by atoms with E-state index in [0.29, 0.717) is 5.56 Å². The molecule has 1 aliphatic rings. The average molecular weight is 495 g/mol. The normalized spacial score (nSPS) is 17.1. The Bertz CT molecular complexity index is 1130. The van der Waals surface area contributed by atoms with Crippen LogP contribution < -0.4 is 20.7 Å². The van der Waals surface area contributed by atoms with E-state index in [9.17, 15) is 30.4 Å². The average Bonchev–Trinajstić information content (AvgIpc) is 3.06. The molecule has 1 aromatic carbocycles. The molecule has 0 amide bonds. The molecule has 1 aromatic heterocycles. The van der Waals surface area contributed by atoms with Crippen LogP contribution in [0.25, 0.3) is 0 Å². The molecule has 1 aliphatic heterocycles. The summed E-state index contributed by atoms with van der Waals surface area (Å²) >= 11 is 0. The number of halogens is 5. The Hall–Kier alpha value is -2.90. The van der Waals surface area contributed by atoms with Crippen LogP contribution in [0.1, 0.15) is 18.9 Å². The van der Waals surface area contributed by atoms with Gasteiger partial charge in [0.05, 0.1) is 11.4 Å². The van der Waals surface area contributed by atoms with E-state index in [1.54, 1.807) is 6.07 Å². The van der Waals surface area contributed by atoms with Gasteiger partial charge in [0.1, 0.15) is 5.69 Å². The van der Waals surface area contributed by atoms with Gasteiger partial charge in [-0.05, 0) is 18.6 Å². The van der Waals surface area contributed by atoms with E-state index in [0.717, 1.165) is 18.1 Å². The molecule has 0 saturated carbocycles. The Morgan fingerprint density at radius 1 is 1.27 bits per heavy atom. The van der Waals surface area contributed by atoms with Crippen molar-refractivity contribution in [3.05, 3.63) is 29.8 Å². The minimum Gasteiger partial charge on any atom is -0.451 e. The molecule has 3 N–H and O–H groups in total. The van der Waals surface area contributed by atoms with Crippen molar-refractivity contribution in [2.45, 2.75) is 43.0 Å². The summed E-state index contributed by atoms with van der Waals surface area (Å²) in [6, 6.07) is 5.36. The Labute approximate surface area is 186 Å². The van der Waals surface area contributed by atoms with Crippen molar-refractivity contribution < 1.29 is 35.1 Å². The lowest BCUT2D eigenvalue weighted by atomic mass is 10.2. The fourth-order valence-electron chi connectivity index (χ4n) is 3.20. The van der Waals surface area contributed by atoms with E-state index >= 15 is 0 Å². The zero-order valence-electron chi connectivity index (χ0n) is 17.7. The molecule has 182 valence electrons. The number of sulfone groups is 1. The molecule has 1 fully saturated rings. The van der Waals surface area contributed by atoms with Crippen LogP contribution in [0.2, 0.25) is 0 Å². The van der Waals surface area contributed by atoms with Crippen LogP contribution in [-0.4, -0.2) is 55.9 Å². The molecular weight excluding hydrogens is 473 g/mol. The number of aromatic nitrogens is 2. The maximum Gasteiger partial charge on any atom is 0.425 e. The van der Waals surface area contributed by atoms with E-state index in [1.807, 2.05) is 0 Å². The van der Waals surface area contributed by atoms with E-state index in [4.69, 9.17) is 10.5 Å². The van der Waals surface area contributed by atoms with Gasteiger partial charge in [-0.2, -0.15) is 23.1 Å². The van der Waals surface area contributed by atoms with Gasteiger partial charge in [0.2, 0.25) is 0 Å². The molecule has 2 heterocycles. The first kappa shape index (κ1) is 24.7. The van der Waals surface area contributed by atoms with Crippen LogP contribution in [0.15, 0.2) is 29.2 Å². The molecule has 0 radical (unpaired) electrons. The number of rotatable bonds is 7. The first-order chi connectivity index (χ1) is 15.2. The summed E-state index contributed by atoms with van der Waals surface area (Å²) in [5.74, 6) is -3.40. The smallest absolute Gasteiger partial charge is 0.425 e. The highest BCUT2D eigenvalue weighted by molar-refractivity contribution is 7.90. The molecule has 0 spiro atoms. The molecule has 0 bridgehead atoms. The van der Waals surface area contributed by atoms with Crippen molar-refractivity contribution >= 4 is 27.2 Å². The molecule has 8 nitrogen and oxygen atoms in total. The summed E-state index contributed by atoms with van der Waals surface area (Å²) in [6.07, 6.45) is -6.43. The summed E-state index contributed by atoms with van der Waals surface area (Å²) in [4.78, 5) is 8.88. The lowest BCUT2D eigenvalue weighted by Gasteiger charge is -2.23. The van der Waals surface area contributed by atoms with Crippen molar-refractivity contribution in [3.8, 4) is 6.01 Å². The summed E-state index contributed by atoms with van der Waals surface area (Å²) < 4.78 is 95.1. The number of alkyl halides is 5. The summed E-state index contributed by atoms with van der Waals surface area (Å²) in [5.41, 5.74) is 6.22. The number of nitrogens with two attached hydrogens (primary N) is 1. The summed E-state index contributed by atoms with van der Waals surface area (Å²) in [5, 5.41) is 2.76. The molecule has 33 heavy (non-hydrogen) atoms. The van der Waals surface area contributed by atoms with Crippen LogP contribution in [0, 0.1) is 0 Å². The van der Waals surface area contributed by atoms with Gasteiger partial charge in [-0.3, -0.25) is 0 Å². The highest BCUT2D eigenvalue weighted by atomic mass is 32.2. The third-order valence-corrected chi connectivity index (χ3v) is 6.13. The largest absolute Gasteiger partial charge is 0.451 e. The summed E-state index contributed by atoms with van der Waals surface area (Å²) in [6.45, 7) is -0.217. The molecule has 1 saturated heterocycles. The Morgan fingerprint density at radius 2 is 1.94 bits per heavy atom. The lowest BCUT2D eigenvalue weighted by Crippen LogP contribution is -2.32. The van der Waals surface area contributed by atoms with Crippen LogP contribution in [0.4, 0.5) is 39.3 Å². The number of benzene rings is 1. The van der Waals surface area contributed by atoms with E-state index in [1.165, 1.54) is 18.2 Å². The zero-order chi connectivity index (χ0) is 24.6. The molecule has 14 heteroatoms. The van der Waals surface area contributed by atoms with Crippen LogP contribution in [0.3, 0.4) is 0 Å². The maximum absolute atomic E-state index is 13.7. The predicted octanol–water partition coefficient (Wildman–Crippen LogP) is 3.25. The Kier molecular flexibility index (Phi) is 6.60. The van der Waals surface area contributed by atoms with Crippen molar-refractivity contribution in [2.75, 3.05) is 35.3 Å². The molecule has 0 unspecified atom stereocenters. The van der Waals surface area contributed by atoms with Crippen LogP contribution in [0.5, 0.6) is 6.01 Å². The van der Waals surface area contributed by atoms with Crippen molar-refractivity contribution in [1.29, 1.82) is 0 Å². The van der Waals surface area contributed by atoms with Gasteiger partial charge in [-0.25, -0.2) is 17.2 Å². The zero-order valence-corrected chi connectivity index (χ0v) is 18.5.